The van der Waals surface area contributed by atoms with Crippen molar-refractivity contribution >= 4 is 11.8 Å². The number of rotatable bonds is 2. The Morgan fingerprint density at radius 2 is 1.41 bits per heavy atom. The molecule has 2 fully saturated rings. The molecule has 0 N–H and O–H groups in total. The summed E-state index contributed by atoms with van der Waals surface area (Å²) in [6.07, 6.45) is 4.80. The molecule has 0 nitrogen and oxygen atoms in total. The SMILES string of the molecule is FC(F)(F)C1CCCC(SC2CCCCC2)C1. The minimum atomic E-state index is -3.97. The maximum absolute atomic E-state index is 12.7. The first-order chi connectivity index (χ1) is 8.05. The fourth-order valence-corrected chi connectivity index (χ4v) is 4.84. The van der Waals surface area contributed by atoms with Gasteiger partial charge in [0.1, 0.15) is 0 Å². The molecule has 2 aliphatic rings. The van der Waals surface area contributed by atoms with Gasteiger partial charge >= 0.3 is 6.18 Å². The molecule has 0 bridgehead atoms. The van der Waals surface area contributed by atoms with Crippen molar-refractivity contribution in [1.82, 2.24) is 0 Å². The highest BCUT2D eigenvalue weighted by atomic mass is 32.2. The first kappa shape index (κ1) is 13.6. The van der Waals surface area contributed by atoms with E-state index in [4.69, 9.17) is 0 Å². The molecule has 17 heavy (non-hydrogen) atoms. The lowest BCUT2D eigenvalue weighted by Gasteiger charge is -2.33. The third-order valence-electron chi connectivity index (χ3n) is 4.03. The number of halogens is 3. The van der Waals surface area contributed by atoms with E-state index >= 15 is 0 Å². The van der Waals surface area contributed by atoms with Crippen LogP contribution in [0.2, 0.25) is 0 Å². The highest BCUT2D eigenvalue weighted by molar-refractivity contribution is 8.00. The molecule has 2 atom stereocenters. The number of alkyl halides is 3. The minimum Gasteiger partial charge on any atom is -0.171 e. The zero-order valence-electron chi connectivity index (χ0n) is 10.1. The Bertz CT molecular complexity index is 233. The molecule has 0 aliphatic heterocycles. The molecule has 0 spiro atoms. The fourth-order valence-electron chi connectivity index (χ4n) is 3.04. The van der Waals surface area contributed by atoms with Crippen LogP contribution in [-0.4, -0.2) is 16.7 Å². The zero-order chi connectivity index (χ0) is 12.3. The van der Waals surface area contributed by atoms with Gasteiger partial charge in [-0.3, -0.25) is 0 Å². The van der Waals surface area contributed by atoms with E-state index in [2.05, 4.69) is 0 Å². The average molecular weight is 266 g/mol. The van der Waals surface area contributed by atoms with Crippen LogP contribution < -0.4 is 0 Å². The Labute approximate surface area is 106 Å². The van der Waals surface area contributed by atoms with Crippen LogP contribution in [0.5, 0.6) is 0 Å². The lowest BCUT2D eigenvalue weighted by Crippen LogP contribution is -2.30. The van der Waals surface area contributed by atoms with E-state index in [9.17, 15) is 13.2 Å². The molecule has 100 valence electrons. The van der Waals surface area contributed by atoms with Crippen molar-refractivity contribution in [3.8, 4) is 0 Å². The second-order valence-corrected chi connectivity index (χ2v) is 7.03. The molecule has 0 aromatic carbocycles. The molecule has 2 rings (SSSR count). The maximum atomic E-state index is 12.7. The highest BCUT2D eigenvalue weighted by Crippen LogP contribution is 2.43. The first-order valence-electron chi connectivity index (χ1n) is 6.78. The van der Waals surface area contributed by atoms with E-state index < -0.39 is 12.1 Å². The quantitative estimate of drug-likeness (QED) is 0.664. The van der Waals surface area contributed by atoms with Gasteiger partial charge in [-0.1, -0.05) is 25.7 Å². The molecule has 0 amide bonds. The Hall–Kier alpha value is 0.140. The van der Waals surface area contributed by atoms with Crippen molar-refractivity contribution < 1.29 is 13.2 Å². The predicted octanol–water partition coefficient (Wildman–Crippen LogP) is 5.17. The Morgan fingerprint density at radius 3 is 2.06 bits per heavy atom. The van der Waals surface area contributed by atoms with E-state index in [0.29, 0.717) is 18.1 Å². The smallest absolute Gasteiger partial charge is 0.171 e. The van der Waals surface area contributed by atoms with Crippen molar-refractivity contribution in [3.63, 3.8) is 0 Å². The van der Waals surface area contributed by atoms with Gasteiger partial charge in [0.25, 0.3) is 0 Å². The summed E-state index contributed by atoms with van der Waals surface area (Å²) >= 11 is 1.86. The molecule has 2 unspecified atom stereocenters. The predicted molar refractivity (Wildman–Crippen MR) is 66.3 cm³/mol. The molecular formula is C13H21F3S. The Morgan fingerprint density at radius 1 is 0.765 bits per heavy atom. The monoisotopic (exact) mass is 266 g/mol. The fraction of sp³-hybridized carbons (Fsp3) is 1.00. The first-order valence-corrected chi connectivity index (χ1v) is 7.72. The van der Waals surface area contributed by atoms with Crippen molar-refractivity contribution in [2.75, 3.05) is 0 Å². The van der Waals surface area contributed by atoms with Crippen molar-refractivity contribution in [2.45, 2.75) is 74.5 Å². The van der Waals surface area contributed by atoms with Gasteiger partial charge in [0.05, 0.1) is 5.92 Å². The van der Waals surface area contributed by atoms with Gasteiger partial charge in [0, 0.05) is 10.5 Å². The van der Waals surface area contributed by atoms with E-state index in [1.165, 1.54) is 32.1 Å². The van der Waals surface area contributed by atoms with Crippen LogP contribution in [0, 0.1) is 5.92 Å². The van der Waals surface area contributed by atoms with Gasteiger partial charge in [0.15, 0.2) is 0 Å². The van der Waals surface area contributed by atoms with Crippen molar-refractivity contribution in [3.05, 3.63) is 0 Å². The Balaban J connectivity index is 1.80. The standard InChI is InChI=1S/C13H21F3S/c14-13(15,16)10-5-4-8-12(9-10)17-11-6-2-1-3-7-11/h10-12H,1-9H2. The van der Waals surface area contributed by atoms with Crippen LogP contribution in [0.25, 0.3) is 0 Å². The molecule has 0 saturated heterocycles. The molecule has 0 heterocycles. The van der Waals surface area contributed by atoms with Gasteiger partial charge in [-0.25, -0.2) is 0 Å². The third-order valence-corrected chi connectivity index (χ3v) is 5.70. The summed E-state index contributed by atoms with van der Waals surface area (Å²) in [6.45, 7) is 0. The topological polar surface area (TPSA) is 0 Å². The molecule has 2 saturated carbocycles. The second kappa shape index (κ2) is 5.85. The van der Waals surface area contributed by atoms with Gasteiger partial charge in [0.2, 0.25) is 0 Å². The summed E-state index contributed by atoms with van der Waals surface area (Å²) < 4.78 is 38.1. The molecule has 0 radical (unpaired) electrons. The lowest BCUT2D eigenvalue weighted by molar-refractivity contribution is -0.181. The average Bonchev–Trinajstić information content (AvgIpc) is 2.29. The second-order valence-electron chi connectivity index (χ2n) is 5.42. The summed E-state index contributed by atoms with van der Waals surface area (Å²) in [7, 11) is 0. The third kappa shape index (κ3) is 4.08. The van der Waals surface area contributed by atoms with Gasteiger partial charge in [-0.05, 0) is 32.1 Å². The van der Waals surface area contributed by atoms with Crippen LogP contribution in [0.3, 0.4) is 0 Å². The van der Waals surface area contributed by atoms with Crippen molar-refractivity contribution in [1.29, 1.82) is 0 Å². The molecule has 0 aromatic heterocycles. The number of thioether (sulfide) groups is 1. The van der Waals surface area contributed by atoms with E-state index in [0.717, 1.165) is 12.8 Å². The number of hydrogen-bond acceptors (Lipinski definition) is 1. The molecule has 2 aliphatic carbocycles. The van der Waals surface area contributed by atoms with E-state index in [1.54, 1.807) is 0 Å². The number of hydrogen-bond donors (Lipinski definition) is 0. The minimum absolute atomic E-state index is 0.262. The normalized spacial score (nSPS) is 32.6. The van der Waals surface area contributed by atoms with Gasteiger partial charge in [-0.2, -0.15) is 24.9 Å². The van der Waals surface area contributed by atoms with Crippen LogP contribution in [0.15, 0.2) is 0 Å². The molecular weight excluding hydrogens is 245 g/mol. The largest absolute Gasteiger partial charge is 0.391 e. The zero-order valence-corrected chi connectivity index (χ0v) is 11.0. The van der Waals surface area contributed by atoms with Crippen LogP contribution in [0.1, 0.15) is 57.8 Å². The van der Waals surface area contributed by atoms with Gasteiger partial charge in [-0.15, -0.1) is 0 Å². The summed E-state index contributed by atoms with van der Waals surface area (Å²) in [6, 6.07) is 0. The van der Waals surface area contributed by atoms with E-state index in [-0.39, 0.29) is 5.25 Å². The summed E-state index contributed by atoms with van der Waals surface area (Å²) in [5.74, 6) is -1.03. The Kier molecular flexibility index (Phi) is 4.67. The summed E-state index contributed by atoms with van der Waals surface area (Å²) in [5.41, 5.74) is 0. The van der Waals surface area contributed by atoms with Crippen LogP contribution >= 0.6 is 11.8 Å². The maximum Gasteiger partial charge on any atom is 0.391 e. The summed E-state index contributed by atoms with van der Waals surface area (Å²) in [4.78, 5) is 0. The molecule has 0 aromatic rings. The highest BCUT2D eigenvalue weighted by Gasteiger charge is 2.42. The molecule has 4 heteroatoms. The lowest BCUT2D eigenvalue weighted by atomic mass is 9.88. The summed E-state index contributed by atoms with van der Waals surface area (Å²) in [5, 5.41) is 0.902. The van der Waals surface area contributed by atoms with E-state index in [1.807, 2.05) is 11.8 Å². The van der Waals surface area contributed by atoms with Crippen LogP contribution in [0.4, 0.5) is 13.2 Å². The van der Waals surface area contributed by atoms with Crippen molar-refractivity contribution in [2.24, 2.45) is 5.92 Å². The van der Waals surface area contributed by atoms with Crippen LogP contribution in [-0.2, 0) is 0 Å². The van der Waals surface area contributed by atoms with Gasteiger partial charge < -0.3 is 0 Å².